The molecule has 0 radical (unpaired) electrons. The number of hydrogen-bond acceptors (Lipinski definition) is 10. The molecule has 0 saturated heterocycles. The van der Waals surface area contributed by atoms with Gasteiger partial charge in [0.05, 0.1) is 13.5 Å². The van der Waals surface area contributed by atoms with Crippen LogP contribution in [0.5, 0.6) is 0 Å². The monoisotopic (exact) mass is 520 g/mol. The Kier molecular flexibility index (Phi) is 19.5. The number of nitrogens with zero attached hydrogens (tertiary/aromatic N) is 2. The summed E-state index contributed by atoms with van der Waals surface area (Å²) in [6.07, 6.45) is 13.8. The first-order chi connectivity index (χ1) is 16.7. The summed E-state index contributed by atoms with van der Waals surface area (Å²) in [6, 6.07) is -0.377. The number of carbonyl (C=O) groups excluding carboxylic acids is 2. The largest absolute Gasteiger partial charge is 0.381 e. The minimum absolute atomic E-state index is 0.0242. The summed E-state index contributed by atoms with van der Waals surface area (Å²) < 4.78 is 16.5. The van der Waals surface area contributed by atoms with Gasteiger partial charge in [-0.15, -0.1) is 4.33 Å². The average molecular weight is 521 g/mol. The fraction of sp³-hybridized carbons (Fsp3) is 0.810. The van der Waals surface area contributed by atoms with E-state index in [0.29, 0.717) is 36.3 Å². The maximum absolute atomic E-state index is 11.8. The Balaban J connectivity index is 1.91. The van der Waals surface area contributed by atoms with E-state index in [1.807, 2.05) is 0 Å². The molecule has 1 aromatic heterocycles. The molecule has 0 aromatic carbocycles. The molecule has 0 bridgehead atoms. The summed E-state index contributed by atoms with van der Waals surface area (Å²) in [5.41, 5.74) is 5.15. The van der Waals surface area contributed by atoms with Crippen LogP contribution < -0.4 is 20.9 Å². The van der Waals surface area contributed by atoms with Crippen LogP contribution in [-0.4, -0.2) is 48.2 Å². The molecule has 34 heavy (non-hydrogen) atoms. The molecule has 13 heteroatoms. The molecule has 0 aliphatic carbocycles. The third-order valence-electron chi connectivity index (χ3n) is 4.72. The number of ether oxygens (including phenoxy) is 1. The topological polar surface area (TPSA) is 136 Å². The van der Waals surface area contributed by atoms with E-state index in [-0.39, 0.29) is 18.4 Å². The number of nitrogens with one attached hydrogen (secondary N) is 4. The fourth-order valence-electron chi connectivity index (χ4n) is 2.98. The standard InChI is InChI=1S/C21H40N6O5S2/c1-3-4-5-6-7-8-9-10-11-12-15-31-16-13-14-22-20(29)24-25-21-23-18(26-33-21)17-19(28)27-34-32-30-2/h3-17H2,1-2H3,(H,27,28)(H2,22,24,29)(H,23,25,26). The molecule has 0 spiro atoms. The van der Waals surface area contributed by atoms with Crippen molar-refractivity contribution in [3.8, 4) is 0 Å². The highest BCUT2D eigenvalue weighted by Crippen LogP contribution is 2.11. The zero-order valence-electron chi connectivity index (χ0n) is 20.4. The van der Waals surface area contributed by atoms with Crippen molar-refractivity contribution >= 4 is 40.8 Å². The van der Waals surface area contributed by atoms with Crippen LogP contribution in [0.15, 0.2) is 0 Å². The Morgan fingerprint density at radius 1 is 0.971 bits per heavy atom. The van der Waals surface area contributed by atoms with Gasteiger partial charge in [-0.05, 0) is 12.8 Å². The van der Waals surface area contributed by atoms with Crippen molar-refractivity contribution in [2.24, 2.45) is 0 Å². The summed E-state index contributed by atoms with van der Waals surface area (Å²) in [4.78, 5) is 31.9. The molecule has 196 valence electrons. The quantitative estimate of drug-likeness (QED) is 0.0580. The van der Waals surface area contributed by atoms with E-state index >= 15 is 0 Å². The number of hydrogen-bond donors (Lipinski definition) is 4. The smallest absolute Gasteiger partial charge is 0.333 e. The highest BCUT2D eigenvalue weighted by molar-refractivity contribution is 7.93. The van der Waals surface area contributed by atoms with E-state index in [2.05, 4.69) is 46.4 Å². The molecule has 1 aromatic rings. The summed E-state index contributed by atoms with van der Waals surface area (Å²) in [7, 11) is 1.33. The van der Waals surface area contributed by atoms with Gasteiger partial charge < -0.3 is 10.1 Å². The molecule has 1 rings (SSSR count). The van der Waals surface area contributed by atoms with Gasteiger partial charge >= 0.3 is 6.03 Å². The van der Waals surface area contributed by atoms with Crippen LogP contribution >= 0.6 is 23.8 Å². The van der Waals surface area contributed by atoms with E-state index < -0.39 is 0 Å². The van der Waals surface area contributed by atoms with E-state index in [9.17, 15) is 9.59 Å². The molecule has 0 fully saturated rings. The Morgan fingerprint density at radius 2 is 1.65 bits per heavy atom. The predicted octanol–water partition coefficient (Wildman–Crippen LogP) is 4.29. The number of anilines is 1. The zero-order valence-corrected chi connectivity index (χ0v) is 22.0. The van der Waals surface area contributed by atoms with Crippen molar-refractivity contribution in [3.05, 3.63) is 5.82 Å². The Bertz CT molecular complexity index is 653. The zero-order chi connectivity index (χ0) is 24.7. The first-order valence-corrected chi connectivity index (χ1v) is 13.5. The lowest BCUT2D eigenvalue weighted by Crippen LogP contribution is -2.39. The van der Waals surface area contributed by atoms with Crippen LogP contribution in [0, 0.1) is 0 Å². The lowest BCUT2D eigenvalue weighted by atomic mass is 10.1. The summed E-state index contributed by atoms with van der Waals surface area (Å²) in [5, 5.41) is 3.11. The minimum Gasteiger partial charge on any atom is -0.381 e. The Hall–Kier alpha value is -1.67. The van der Waals surface area contributed by atoms with Gasteiger partial charge in [0, 0.05) is 31.3 Å². The Labute approximate surface area is 211 Å². The Morgan fingerprint density at radius 3 is 2.35 bits per heavy atom. The van der Waals surface area contributed by atoms with Crippen LogP contribution in [0.2, 0.25) is 0 Å². The minimum atomic E-state index is -0.377. The second-order valence-corrected chi connectivity index (χ2v) is 8.95. The van der Waals surface area contributed by atoms with Crippen LogP contribution in [0.4, 0.5) is 9.93 Å². The summed E-state index contributed by atoms with van der Waals surface area (Å²) in [5.74, 6) is -0.0164. The molecule has 1 heterocycles. The highest BCUT2D eigenvalue weighted by Gasteiger charge is 2.10. The third-order valence-corrected chi connectivity index (χ3v) is 5.90. The first-order valence-electron chi connectivity index (χ1n) is 12.0. The molecular formula is C21H40N6O5S2. The van der Waals surface area contributed by atoms with Crippen LogP contribution in [-0.2, 0) is 25.2 Å². The number of amides is 3. The molecule has 0 aliphatic rings. The van der Waals surface area contributed by atoms with E-state index in [0.717, 1.165) is 31.0 Å². The van der Waals surface area contributed by atoms with Gasteiger partial charge in [-0.25, -0.2) is 20.1 Å². The van der Waals surface area contributed by atoms with E-state index in [4.69, 9.17) is 4.74 Å². The number of unbranched alkanes of at least 4 members (excludes halogenated alkanes) is 9. The average Bonchev–Trinajstić information content (AvgIpc) is 3.27. The predicted molar refractivity (Wildman–Crippen MR) is 135 cm³/mol. The summed E-state index contributed by atoms with van der Waals surface area (Å²) in [6.45, 7) is 4.16. The van der Waals surface area contributed by atoms with E-state index in [1.165, 1.54) is 64.9 Å². The molecule has 0 saturated carbocycles. The lowest BCUT2D eigenvalue weighted by Gasteiger charge is -2.08. The van der Waals surface area contributed by atoms with Crippen LogP contribution in [0.3, 0.4) is 0 Å². The van der Waals surface area contributed by atoms with Crippen LogP contribution in [0.1, 0.15) is 83.4 Å². The summed E-state index contributed by atoms with van der Waals surface area (Å²) >= 11 is 1.69. The van der Waals surface area contributed by atoms with Gasteiger partial charge in [0.15, 0.2) is 18.1 Å². The number of rotatable bonds is 22. The van der Waals surface area contributed by atoms with Gasteiger partial charge in [0.2, 0.25) is 11.0 Å². The van der Waals surface area contributed by atoms with Gasteiger partial charge in [0.1, 0.15) is 0 Å². The SMILES string of the molecule is CCCCCCCCCCCCOCCCNC(=O)NNc1nc(CC(=O)NSOOC)ns1. The van der Waals surface area contributed by atoms with Gasteiger partial charge in [0.25, 0.3) is 0 Å². The molecule has 3 amide bonds. The molecular weight excluding hydrogens is 480 g/mol. The molecule has 0 aliphatic heterocycles. The van der Waals surface area contributed by atoms with Crippen molar-refractivity contribution < 1.29 is 23.5 Å². The number of aromatic nitrogens is 2. The fourth-order valence-corrected chi connectivity index (χ4v) is 3.79. The van der Waals surface area contributed by atoms with Crippen molar-refractivity contribution in [1.82, 2.24) is 24.8 Å². The van der Waals surface area contributed by atoms with Crippen molar-refractivity contribution in [2.75, 3.05) is 32.3 Å². The first kappa shape index (κ1) is 30.4. The maximum atomic E-state index is 11.8. The highest BCUT2D eigenvalue weighted by atomic mass is 32.2. The second-order valence-electron chi connectivity index (χ2n) is 7.69. The lowest BCUT2D eigenvalue weighted by molar-refractivity contribution is -0.161. The van der Waals surface area contributed by atoms with Crippen molar-refractivity contribution in [1.29, 1.82) is 0 Å². The van der Waals surface area contributed by atoms with E-state index in [1.54, 1.807) is 0 Å². The van der Waals surface area contributed by atoms with Crippen LogP contribution in [0.25, 0.3) is 0 Å². The van der Waals surface area contributed by atoms with Crippen molar-refractivity contribution in [2.45, 2.75) is 84.0 Å². The number of carbonyl (C=O) groups is 2. The van der Waals surface area contributed by atoms with Gasteiger partial charge in [-0.1, -0.05) is 64.7 Å². The molecule has 4 N–H and O–H groups in total. The van der Waals surface area contributed by atoms with Crippen molar-refractivity contribution in [3.63, 3.8) is 0 Å². The normalized spacial score (nSPS) is 10.8. The van der Waals surface area contributed by atoms with Gasteiger partial charge in [-0.3, -0.25) is 14.9 Å². The van der Waals surface area contributed by atoms with Gasteiger partial charge in [-0.2, -0.15) is 4.37 Å². The molecule has 0 unspecified atom stereocenters. The maximum Gasteiger partial charge on any atom is 0.333 e. The number of hydrazine groups is 1. The second kappa shape index (κ2) is 21.8. The molecule has 11 nitrogen and oxygen atoms in total. The number of urea groups is 1. The third kappa shape index (κ3) is 17.8. The molecule has 0 atom stereocenters.